The lowest BCUT2D eigenvalue weighted by Gasteiger charge is -2.23. The highest BCUT2D eigenvalue weighted by atomic mass is 35.5. The van der Waals surface area contributed by atoms with Crippen LogP contribution in [-0.2, 0) is 6.42 Å². The van der Waals surface area contributed by atoms with Gasteiger partial charge in [-0.15, -0.1) is 0 Å². The van der Waals surface area contributed by atoms with E-state index in [9.17, 15) is 5.11 Å². The van der Waals surface area contributed by atoms with Gasteiger partial charge >= 0.3 is 0 Å². The molecule has 0 radical (unpaired) electrons. The van der Waals surface area contributed by atoms with Crippen LogP contribution in [0.5, 0.6) is 11.5 Å². The topological polar surface area (TPSA) is 29.5 Å². The predicted molar refractivity (Wildman–Crippen MR) is 93.0 cm³/mol. The normalized spacial score (nSPS) is 18.1. The van der Waals surface area contributed by atoms with Crippen LogP contribution in [0.15, 0.2) is 23.8 Å². The molecular weight excluding hydrogens is 296 g/mol. The summed E-state index contributed by atoms with van der Waals surface area (Å²) in [6, 6.07) is 4.08. The Morgan fingerprint density at radius 3 is 2.82 bits per heavy atom. The monoisotopic (exact) mass is 322 g/mol. The van der Waals surface area contributed by atoms with Gasteiger partial charge in [-0.25, -0.2) is 0 Å². The summed E-state index contributed by atoms with van der Waals surface area (Å²) in [7, 11) is 0. The number of rotatable bonds is 7. The number of unbranched alkanes of at least 4 members (excludes halogenated alkanes) is 2. The summed E-state index contributed by atoms with van der Waals surface area (Å²) in [6.07, 6.45) is 10.1. The van der Waals surface area contributed by atoms with E-state index in [2.05, 4.69) is 26.0 Å². The average molecular weight is 323 g/mol. The maximum atomic E-state index is 10.5. The number of hydrogen-bond donors (Lipinski definition) is 1. The lowest BCUT2D eigenvalue weighted by atomic mass is 9.84. The van der Waals surface area contributed by atoms with Crippen LogP contribution in [0.4, 0.5) is 0 Å². The highest BCUT2D eigenvalue weighted by molar-refractivity contribution is 6.17. The van der Waals surface area contributed by atoms with Crippen molar-refractivity contribution in [2.75, 3.05) is 6.07 Å². The summed E-state index contributed by atoms with van der Waals surface area (Å²) in [5.74, 6) is 1.33. The molecule has 0 aliphatic heterocycles. The van der Waals surface area contributed by atoms with Crippen molar-refractivity contribution in [3.63, 3.8) is 0 Å². The third-order valence-corrected chi connectivity index (χ3v) is 4.51. The molecule has 0 amide bonds. The molecule has 0 heterocycles. The van der Waals surface area contributed by atoms with Crippen molar-refractivity contribution in [1.82, 2.24) is 0 Å². The number of hydrogen-bond acceptors (Lipinski definition) is 2. The molecule has 2 rings (SSSR count). The zero-order chi connectivity index (χ0) is 15.9. The van der Waals surface area contributed by atoms with E-state index in [0.717, 1.165) is 49.0 Å². The lowest BCUT2D eigenvalue weighted by Crippen LogP contribution is -2.06. The van der Waals surface area contributed by atoms with Crippen LogP contribution in [-0.4, -0.2) is 11.2 Å². The molecule has 1 atom stereocenters. The molecule has 1 N–H and O–H groups in total. The summed E-state index contributed by atoms with van der Waals surface area (Å²) >= 11 is 5.79. The fourth-order valence-electron chi connectivity index (χ4n) is 3.28. The average Bonchev–Trinajstić information content (AvgIpc) is 2.47. The Morgan fingerprint density at radius 2 is 2.14 bits per heavy atom. The van der Waals surface area contributed by atoms with Crippen LogP contribution in [0, 0.1) is 0 Å². The van der Waals surface area contributed by atoms with Crippen LogP contribution < -0.4 is 4.74 Å². The van der Waals surface area contributed by atoms with Crippen molar-refractivity contribution in [2.24, 2.45) is 0 Å². The SMILES string of the molecule is CCCCCc1cc(O)c(C2C=C(C)CCC2)c(OCCl)c1. The Kier molecular flexibility index (Phi) is 6.63. The van der Waals surface area contributed by atoms with E-state index in [1.165, 1.54) is 18.4 Å². The highest BCUT2D eigenvalue weighted by Crippen LogP contribution is 2.42. The van der Waals surface area contributed by atoms with Gasteiger partial charge in [-0.3, -0.25) is 0 Å². The molecule has 122 valence electrons. The lowest BCUT2D eigenvalue weighted by molar-refractivity contribution is 0.371. The van der Waals surface area contributed by atoms with Gasteiger partial charge in [0.25, 0.3) is 0 Å². The van der Waals surface area contributed by atoms with E-state index in [-0.39, 0.29) is 12.0 Å². The number of ether oxygens (including phenoxy) is 1. The molecule has 0 fully saturated rings. The Hall–Kier alpha value is -1.15. The van der Waals surface area contributed by atoms with Crippen LogP contribution >= 0.6 is 11.6 Å². The molecule has 0 bridgehead atoms. The third-order valence-electron chi connectivity index (χ3n) is 4.40. The number of halogens is 1. The Bertz CT molecular complexity index is 522. The summed E-state index contributed by atoms with van der Waals surface area (Å²) in [6.45, 7) is 4.35. The molecule has 1 aliphatic rings. The zero-order valence-corrected chi connectivity index (χ0v) is 14.5. The number of benzene rings is 1. The molecule has 1 unspecified atom stereocenters. The number of aryl methyl sites for hydroxylation is 1. The maximum absolute atomic E-state index is 10.5. The van der Waals surface area contributed by atoms with Crippen molar-refractivity contribution in [2.45, 2.75) is 64.7 Å². The van der Waals surface area contributed by atoms with Gasteiger partial charge in [0.15, 0.2) is 6.07 Å². The first-order chi connectivity index (χ1) is 10.7. The van der Waals surface area contributed by atoms with E-state index >= 15 is 0 Å². The van der Waals surface area contributed by atoms with Crippen LogP contribution in [0.3, 0.4) is 0 Å². The van der Waals surface area contributed by atoms with E-state index in [0.29, 0.717) is 5.75 Å². The number of phenols is 1. The van der Waals surface area contributed by atoms with Crippen molar-refractivity contribution >= 4 is 11.6 Å². The zero-order valence-electron chi connectivity index (χ0n) is 13.7. The van der Waals surface area contributed by atoms with Crippen LogP contribution in [0.1, 0.15) is 69.4 Å². The molecule has 1 aromatic carbocycles. The Labute approximate surface area is 139 Å². The summed E-state index contributed by atoms with van der Waals surface area (Å²) in [5, 5.41) is 10.5. The van der Waals surface area contributed by atoms with Gasteiger partial charge in [0.1, 0.15) is 11.5 Å². The van der Waals surface area contributed by atoms with Crippen molar-refractivity contribution in [3.8, 4) is 11.5 Å². The van der Waals surface area contributed by atoms with Gasteiger partial charge in [-0.1, -0.05) is 43.0 Å². The Balaban J connectivity index is 2.29. The fraction of sp³-hybridized carbons (Fsp3) is 0.579. The molecule has 2 nitrogen and oxygen atoms in total. The Morgan fingerprint density at radius 1 is 1.32 bits per heavy atom. The van der Waals surface area contributed by atoms with Crippen molar-refractivity contribution in [1.29, 1.82) is 0 Å². The van der Waals surface area contributed by atoms with Gasteiger partial charge in [0.2, 0.25) is 0 Å². The van der Waals surface area contributed by atoms with Gasteiger partial charge in [0.05, 0.1) is 0 Å². The first kappa shape index (κ1) is 17.2. The molecule has 0 aromatic heterocycles. The predicted octanol–water partition coefficient (Wildman–Crippen LogP) is 5.91. The van der Waals surface area contributed by atoms with Gasteiger partial charge in [-0.2, -0.15) is 0 Å². The summed E-state index contributed by atoms with van der Waals surface area (Å²) in [4.78, 5) is 0. The first-order valence-corrected chi connectivity index (χ1v) is 8.91. The van der Waals surface area contributed by atoms with Crippen molar-refractivity contribution in [3.05, 3.63) is 34.9 Å². The molecule has 1 aliphatic carbocycles. The highest BCUT2D eigenvalue weighted by Gasteiger charge is 2.22. The molecule has 22 heavy (non-hydrogen) atoms. The van der Waals surface area contributed by atoms with E-state index < -0.39 is 0 Å². The molecule has 3 heteroatoms. The van der Waals surface area contributed by atoms with Gasteiger partial charge < -0.3 is 9.84 Å². The fourth-order valence-corrected chi connectivity index (χ4v) is 3.40. The second-order valence-corrected chi connectivity index (χ2v) is 6.47. The van der Waals surface area contributed by atoms with E-state index in [1.807, 2.05) is 6.07 Å². The second kappa shape index (κ2) is 8.47. The molecule has 1 aromatic rings. The molecular formula is C19H27ClO2. The van der Waals surface area contributed by atoms with Gasteiger partial charge in [0, 0.05) is 11.5 Å². The number of phenolic OH excluding ortho intramolecular Hbond substituents is 1. The van der Waals surface area contributed by atoms with Crippen LogP contribution in [0.2, 0.25) is 0 Å². The van der Waals surface area contributed by atoms with Gasteiger partial charge in [-0.05, 0) is 56.7 Å². The summed E-state index contributed by atoms with van der Waals surface area (Å²) in [5.41, 5.74) is 3.42. The smallest absolute Gasteiger partial charge is 0.162 e. The molecule has 0 spiro atoms. The summed E-state index contributed by atoms with van der Waals surface area (Å²) < 4.78 is 5.63. The molecule has 0 saturated heterocycles. The van der Waals surface area contributed by atoms with E-state index in [1.54, 1.807) is 0 Å². The minimum absolute atomic E-state index is 0.111. The largest absolute Gasteiger partial charge is 0.507 e. The second-order valence-electron chi connectivity index (χ2n) is 6.25. The first-order valence-electron chi connectivity index (χ1n) is 8.37. The number of allylic oxidation sites excluding steroid dienone is 2. The van der Waals surface area contributed by atoms with E-state index in [4.69, 9.17) is 16.3 Å². The minimum Gasteiger partial charge on any atom is -0.507 e. The minimum atomic E-state index is 0.111. The quantitative estimate of drug-likeness (QED) is 0.384. The number of alkyl halides is 1. The standard InChI is InChI=1S/C19H27ClO2/c1-3-4-5-8-15-11-17(21)19(18(12-15)22-13-20)16-9-6-7-14(2)10-16/h10-12,16,21H,3-9,13H2,1-2H3. The van der Waals surface area contributed by atoms with Crippen LogP contribution in [0.25, 0.3) is 0 Å². The van der Waals surface area contributed by atoms with Crippen molar-refractivity contribution < 1.29 is 9.84 Å². The third kappa shape index (κ3) is 4.42. The maximum Gasteiger partial charge on any atom is 0.162 e. The number of aromatic hydroxyl groups is 1. The molecule has 0 saturated carbocycles.